The number of benzene rings is 1. The number of anilines is 2. The minimum atomic E-state index is -0.272. The average molecular weight is 335 g/mol. The van der Waals surface area contributed by atoms with E-state index in [0.717, 1.165) is 22.1 Å². The summed E-state index contributed by atoms with van der Waals surface area (Å²) in [5, 5.41) is 5.72. The van der Waals surface area contributed by atoms with Crippen molar-refractivity contribution in [3.63, 3.8) is 0 Å². The molecule has 1 aromatic heterocycles. The lowest BCUT2D eigenvalue weighted by molar-refractivity contribution is 0.102. The maximum absolute atomic E-state index is 12.2. The van der Waals surface area contributed by atoms with Crippen molar-refractivity contribution < 1.29 is 4.79 Å². The normalized spacial score (nSPS) is 10.2. The topological polar surface area (TPSA) is 66.9 Å². The second kappa shape index (κ2) is 6.47. The van der Waals surface area contributed by atoms with Crippen molar-refractivity contribution in [2.24, 2.45) is 0 Å². The molecule has 0 aliphatic heterocycles. The number of carbonyl (C=O) groups excluding carboxylic acids is 1. The number of aromatic nitrogens is 2. The lowest BCUT2D eigenvalue weighted by Gasteiger charge is -2.10. The van der Waals surface area contributed by atoms with E-state index in [0.29, 0.717) is 5.82 Å². The number of aryl methyl sites for hydroxylation is 1. The number of nitrogens with zero attached hydrogens (tertiary/aromatic N) is 2. The highest BCUT2D eigenvalue weighted by Gasteiger charge is 2.11. The zero-order valence-corrected chi connectivity index (χ0v) is 12.9. The van der Waals surface area contributed by atoms with E-state index in [1.807, 2.05) is 25.1 Å². The number of hydrogen-bond donors (Lipinski definition) is 2. The molecule has 1 amide bonds. The van der Waals surface area contributed by atoms with Crippen LogP contribution in [0.2, 0.25) is 0 Å². The van der Waals surface area contributed by atoms with Gasteiger partial charge >= 0.3 is 0 Å². The van der Waals surface area contributed by atoms with Gasteiger partial charge in [-0.25, -0.2) is 4.98 Å². The van der Waals surface area contributed by atoms with Crippen LogP contribution >= 0.6 is 15.9 Å². The van der Waals surface area contributed by atoms with Crippen LogP contribution in [0.25, 0.3) is 0 Å². The summed E-state index contributed by atoms with van der Waals surface area (Å²) in [7, 11) is 1.73. The molecule has 0 spiro atoms. The Bertz CT molecular complexity index is 630. The number of amides is 1. The molecule has 2 N–H and O–H groups in total. The number of hydrogen-bond acceptors (Lipinski definition) is 4. The van der Waals surface area contributed by atoms with Gasteiger partial charge in [0.15, 0.2) is 0 Å². The largest absolute Gasteiger partial charge is 0.372 e. The van der Waals surface area contributed by atoms with Gasteiger partial charge in [0.05, 0.1) is 12.4 Å². The molecule has 0 bridgehead atoms. The molecule has 104 valence electrons. The van der Waals surface area contributed by atoms with Crippen molar-refractivity contribution in [1.82, 2.24) is 9.97 Å². The molecule has 2 rings (SSSR count). The van der Waals surface area contributed by atoms with Gasteiger partial charge in [0.2, 0.25) is 0 Å². The highest BCUT2D eigenvalue weighted by molar-refractivity contribution is 9.10. The van der Waals surface area contributed by atoms with Crippen molar-refractivity contribution in [2.45, 2.75) is 13.3 Å². The number of halogens is 1. The summed E-state index contributed by atoms with van der Waals surface area (Å²) in [6.07, 6.45) is 3.84. The van der Waals surface area contributed by atoms with E-state index in [1.165, 1.54) is 6.20 Å². The van der Waals surface area contributed by atoms with Gasteiger partial charge in [0.1, 0.15) is 11.5 Å². The van der Waals surface area contributed by atoms with Gasteiger partial charge in [-0.1, -0.05) is 22.9 Å². The first-order valence-electron chi connectivity index (χ1n) is 6.23. The minimum Gasteiger partial charge on any atom is -0.372 e. The Balaban J connectivity index is 2.23. The summed E-state index contributed by atoms with van der Waals surface area (Å²) in [5.74, 6) is 0.288. The monoisotopic (exact) mass is 334 g/mol. The van der Waals surface area contributed by atoms with Crippen molar-refractivity contribution in [1.29, 1.82) is 0 Å². The van der Waals surface area contributed by atoms with Crippen molar-refractivity contribution in [3.8, 4) is 0 Å². The molecular weight excluding hydrogens is 320 g/mol. The Morgan fingerprint density at radius 1 is 1.35 bits per heavy atom. The summed E-state index contributed by atoms with van der Waals surface area (Å²) in [5.41, 5.74) is 2.13. The van der Waals surface area contributed by atoms with Crippen LogP contribution in [0.15, 0.2) is 35.1 Å². The Kier molecular flexibility index (Phi) is 4.68. The van der Waals surface area contributed by atoms with Crippen LogP contribution in [0.4, 0.5) is 11.5 Å². The third-order valence-electron chi connectivity index (χ3n) is 2.82. The van der Waals surface area contributed by atoms with Crippen LogP contribution in [0, 0.1) is 0 Å². The average Bonchev–Trinajstić information content (AvgIpc) is 2.49. The van der Waals surface area contributed by atoms with Gasteiger partial charge in [-0.2, -0.15) is 0 Å². The lowest BCUT2D eigenvalue weighted by atomic mass is 10.1. The fourth-order valence-electron chi connectivity index (χ4n) is 1.76. The summed E-state index contributed by atoms with van der Waals surface area (Å²) < 4.78 is 0.990. The van der Waals surface area contributed by atoms with Crippen LogP contribution in [-0.4, -0.2) is 22.9 Å². The van der Waals surface area contributed by atoms with Crippen molar-refractivity contribution in [3.05, 3.63) is 46.3 Å². The highest BCUT2D eigenvalue weighted by Crippen LogP contribution is 2.22. The van der Waals surface area contributed by atoms with E-state index in [-0.39, 0.29) is 11.6 Å². The van der Waals surface area contributed by atoms with Gasteiger partial charge in [-0.15, -0.1) is 0 Å². The summed E-state index contributed by atoms with van der Waals surface area (Å²) in [6.45, 7) is 2.04. The molecule has 0 aliphatic rings. The van der Waals surface area contributed by atoms with Crippen LogP contribution in [-0.2, 0) is 6.42 Å². The van der Waals surface area contributed by atoms with Crippen LogP contribution in [0.3, 0.4) is 0 Å². The van der Waals surface area contributed by atoms with Gasteiger partial charge in [0, 0.05) is 17.2 Å². The SMILES string of the molecule is CCc1cc(Br)ccc1NC(=O)c1cncc(NC)n1. The van der Waals surface area contributed by atoms with Crippen LogP contribution < -0.4 is 10.6 Å². The third kappa shape index (κ3) is 3.33. The summed E-state index contributed by atoms with van der Waals surface area (Å²) >= 11 is 3.42. The molecule has 2 aromatic rings. The van der Waals surface area contributed by atoms with Crippen molar-refractivity contribution >= 4 is 33.3 Å². The van der Waals surface area contributed by atoms with E-state index in [2.05, 4.69) is 36.5 Å². The zero-order valence-electron chi connectivity index (χ0n) is 11.3. The van der Waals surface area contributed by atoms with Gasteiger partial charge in [-0.3, -0.25) is 9.78 Å². The number of rotatable bonds is 4. The van der Waals surface area contributed by atoms with E-state index >= 15 is 0 Å². The quantitative estimate of drug-likeness (QED) is 0.901. The first-order chi connectivity index (χ1) is 9.63. The van der Waals surface area contributed by atoms with Gasteiger partial charge in [0.25, 0.3) is 5.91 Å². The third-order valence-corrected chi connectivity index (χ3v) is 3.31. The number of carbonyl (C=O) groups is 1. The van der Waals surface area contributed by atoms with Gasteiger partial charge < -0.3 is 10.6 Å². The Morgan fingerprint density at radius 2 is 2.15 bits per heavy atom. The standard InChI is InChI=1S/C14H15BrN4O/c1-3-9-6-10(15)4-5-11(9)19-14(20)12-7-17-8-13(16-2)18-12/h4-8H,3H2,1-2H3,(H,16,18)(H,19,20). The minimum absolute atomic E-state index is 0.272. The predicted molar refractivity (Wildman–Crippen MR) is 83.1 cm³/mol. The first-order valence-corrected chi connectivity index (χ1v) is 7.03. The summed E-state index contributed by atoms with van der Waals surface area (Å²) in [6, 6.07) is 5.76. The fourth-order valence-corrected chi connectivity index (χ4v) is 2.17. The summed E-state index contributed by atoms with van der Waals surface area (Å²) in [4.78, 5) is 20.3. The van der Waals surface area contributed by atoms with Gasteiger partial charge in [-0.05, 0) is 30.2 Å². The van der Waals surface area contributed by atoms with Crippen LogP contribution in [0.5, 0.6) is 0 Å². The second-order valence-corrected chi connectivity index (χ2v) is 5.06. The molecule has 1 aromatic carbocycles. The molecule has 6 heteroatoms. The van der Waals surface area contributed by atoms with E-state index in [9.17, 15) is 4.79 Å². The lowest BCUT2D eigenvalue weighted by Crippen LogP contribution is -2.15. The second-order valence-electron chi connectivity index (χ2n) is 4.15. The maximum atomic E-state index is 12.2. The predicted octanol–water partition coefficient (Wildman–Crippen LogP) is 3.10. The zero-order chi connectivity index (χ0) is 14.5. The molecule has 0 aliphatic carbocycles. The molecule has 1 heterocycles. The molecule has 0 unspecified atom stereocenters. The molecular formula is C14H15BrN4O. The van der Waals surface area contributed by atoms with Crippen molar-refractivity contribution in [2.75, 3.05) is 17.7 Å². The first kappa shape index (κ1) is 14.5. The Hall–Kier alpha value is -1.95. The van der Waals surface area contributed by atoms with Crippen LogP contribution in [0.1, 0.15) is 23.0 Å². The Labute approximate surface area is 126 Å². The molecule has 0 atom stereocenters. The highest BCUT2D eigenvalue weighted by atomic mass is 79.9. The molecule has 0 fully saturated rings. The smallest absolute Gasteiger partial charge is 0.275 e. The molecule has 0 saturated carbocycles. The molecule has 0 saturated heterocycles. The molecule has 20 heavy (non-hydrogen) atoms. The molecule has 0 radical (unpaired) electrons. The van der Waals surface area contributed by atoms with E-state index < -0.39 is 0 Å². The Morgan fingerprint density at radius 3 is 2.85 bits per heavy atom. The molecule has 5 nitrogen and oxygen atoms in total. The fraction of sp³-hybridized carbons (Fsp3) is 0.214. The van der Waals surface area contributed by atoms with E-state index in [4.69, 9.17) is 0 Å². The van der Waals surface area contributed by atoms with E-state index in [1.54, 1.807) is 13.2 Å². The number of nitrogens with one attached hydrogen (secondary N) is 2. The maximum Gasteiger partial charge on any atom is 0.275 e.